The molecule has 0 aliphatic rings. The van der Waals surface area contributed by atoms with Crippen molar-refractivity contribution in [2.75, 3.05) is 0 Å². The van der Waals surface area contributed by atoms with E-state index in [2.05, 4.69) is 20.9 Å². The van der Waals surface area contributed by atoms with E-state index in [1.54, 1.807) is 0 Å². The predicted octanol–water partition coefficient (Wildman–Crippen LogP) is 3.17. The maximum Gasteiger partial charge on any atom is 0.334 e. The highest BCUT2D eigenvalue weighted by atomic mass is 79.9. The lowest BCUT2D eigenvalue weighted by Gasteiger charge is -2.10. The number of H-pyrrole nitrogens is 1. The Labute approximate surface area is 131 Å². The SMILES string of the molecule is CCCc1c(Cl)[nH]c(=O)n(-c2cc(F)c(Br)cc2F)c1=O. The monoisotopic (exact) mass is 378 g/mol. The summed E-state index contributed by atoms with van der Waals surface area (Å²) in [5.41, 5.74) is -1.99. The Morgan fingerprint density at radius 1 is 1.29 bits per heavy atom. The maximum atomic E-state index is 14.0. The Bertz CT molecular complexity index is 817. The van der Waals surface area contributed by atoms with Crippen LogP contribution < -0.4 is 11.2 Å². The lowest BCUT2D eigenvalue weighted by Crippen LogP contribution is -2.36. The zero-order valence-electron chi connectivity index (χ0n) is 10.8. The van der Waals surface area contributed by atoms with E-state index in [1.807, 2.05) is 6.92 Å². The van der Waals surface area contributed by atoms with Gasteiger partial charge in [-0.3, -0.25) is 9.78 Å². The second-order valence-corrected chi connectivity index (χ2v) is 5.56. The topological polar surface area (TPSA) is 54.9 Å². The van der Waals surface area contributed by atoms with Gasteiger partial charge in [0.1, 0.15) is 16.8 Å². The molecule has 1 heterocycles. The maximum absolute atomic E-state index is 14.0. The molecular weight excluding hydrogens is 370 g/mol. The standard InChI is InChI=1S/C13H10BrClF2N2O2/c1-2-3-6-11(15)18-13(21)19(12(6)20)10-5-8(16)7(14)4-9(10)17/h4-5H,2-3H2,1H3,(H,18,21). The van der Waals surface area contributed by atoms with E-state index in [9.17, 15) is 18.4 Å². The minimum Gasteiger partial charge on any atom is -0.297 e. The van der Waals surface area contributed by atoms with Gasteiger partial charge in [-0.2, -0.15) is 0 Å². The zero-order chi connectivity index (χ0) is 15.7. The minimum absolute atomic E-state index is 0.0823. The molecule has 2 aromatic rings. The fourth-order valence-corrected chi connectivity index (χ4v) is 2.49. The van der Waals surface area contributed by atoms with Crippen LogP contribution in [0.4, 0.5) is 8.78 Å². The van der Waals surface area contributed by atoms with Crippen LogP contribution in [0.15, 0.2) is 26.2 Å². The van der Waals surface area contributed by atoms with Crippen LogP contribution in [0.3, 0.4) is 0 Å². The fraction of sp³-hybridized carbons (Fsp3) is 0.231. The molecule has 2 rings (SSSR count). The third-order valence-electron chi connectivity index (χ3n) is 2.88. The number of nitrogens with one attached hydrogen (secondary N) is 1. The van der Waals surface area contributed by atoms with Crippen molar-refractivity contribution in [2.24, 2.45) is 0 Å². The van der Waals surface area contributed by atoms with E-state index in [4.69, 9.17) is 11.6 Å². The normalized spacial score (nSPS) is 10.9. The summed E-state index contributed by atoms with van der Waals surface area (Å²) < 4.78 is 28.0. The van der Waals surface area contributed by atoms with E-state index in [-0.39, 0.29) is 15.2 Å². The molecule has 1 aromatic carbocycles. The number of aromatic amines is 1. The molecule has 0 atom stereocenters. The average molecular weight is 380 g/mol. The summed E-state index contributed by atoms with van der Waals surface area (Å²) in [6, 6.07) is 1.63. The van der Waals surface area contributed by atoms with Crippen molar-refractivity contribution in [2.45, 2.75) is 19.8 Å². The van der Waals surface area contributed by atoms with Gasteiger partial charge in [0.05, 0.1) is 15.7 Å². The van der Waals surface area contributed by atoms with Crippen molar-refractivity contribution in [3.8, 4) is 5.69 Å². The van der Waals surface area contributed by atoms with Crippen LogP contribution in [0.25, 0.3) is 5.69 Å². The summed E-state index contributed by atoms with van der Waals surface area (Å²) in [5.74, 6) is -1.69. The molecule has 1 N–H and O–H groups in total. The second-order valence-electron chi connectivity index (χ2n) is 4.33. The molecule has 4 nitrogen and oxygen atoms in total. The van der Waals surface area contributed by atoms with Crippen molar-refractivity contribution in [1.29, 1.82) is 0 Å². The van der Waals surface area contributed by atoms with Crippen LogP contribution in [0.5, 0.6) is 0 Å². The van der Waals surface area contributed by atoms with Gasteiger partial charge >= 0.3 is 5.69 Å². The minimum atomic E-state index is -0.925. The van der Waals surface area contributed by atoms with Crippen LogP contribution in [-0.2, 0) is 6.42 Å². The molecule has 0 radical (unpaired) electrons. The third kappa shape index (κ3) is 2.94. The Kier molecular flexibility index (Phi) is 4.63. The summed E-state index contributed by atoms with van der Waals surface area (Å²) >= 11 is 8.66. The van der Waals surface area contributed by atoms with Crippen molar-refractivity contribution in [1.82, 2.24) is 9.55 Å². The summed E-state index contributed by atoms with van der Waals surface area (Å²) in [6.07, 6.45) is 0.924. The van der Waals surface area contributed by atoms with Gasteiger partial charge in [-0.05, 0) is 28.4 Å². The Morgan fingerprint density at radius 2 is 1.95 bits per heavy atom. The van der Waals surface area contributed by atoms with Gasteiger partial charge in [0.15, 0.2) is 0 Å². The Hall–Kier alpha value is -1.47. The lowest BCUT2D eigenvalue weighted by molar-refractivity contribution is 0.582. The number of aromatic nitrogens is 2. The van der Waals surface area contributed by atoms with E-state index in [0.29, 0.717) is 17.4 Å². The van der Waals surface area contributed by atoms with Crippen LogP contribution in [0.1, 0.15) is 18.9 Å². The fourth-order valence-electron chi connectivity index (χ4n) is 1.92. The van der Waals surface area contributed by atoms with Gasteiger partial charge < -0.3 is 0 Å². The molecule has 0 aliphatic carbocycles. The molecule has 0 spiro atoms. The highest BCUT2D eigenvalue weighted by molar-refractivity contribution is 9.10. The first kappa shape index (κ1) is 15.9. The highest BCUT2D eigenvalue weighted by Gasteiger charge is 2.17. The first-order valence-corrected chi connectivity index (χ1v) is 7.22. The summed E-state index contributed by atoms with van der Waals surface area (Å²) in [7, 11) is 0. The van der Waals surface area contributed by atoms with E-state index < -0.39 is 28.6 Å². The molecule has 8 heteroatoms. The van der Waals surface area contributed by atoms with Gasteiger partial charge in [0.25, 0.3) is 5.56 Å². The largest absolute Gasteiger partial charge is 0.334 e. The molecule has 1 aromatic heterocycles. The van der Waals surface area contributed by atoms with Gasteiger partial charge in [-0.25, -0.2) is 18.1 Å². The Morgan fingerprint density at radius 3 is 2.57 bits per heavy atom. The summed E-state index contributed by atoms with van der Waals surface area (Å²) in [6.45, 7) is 1.82. The highest BCUT2D eigenvalue weighted by Crippen LogP contribution is 2.21. The number of hydrogen-bond acceptors (Lipinski definition) is 2. The summed E-state index contributed by atoms with van der Waals surface area (Å²) in [4.78, 5) is 26.5. The quantitative estimate of drug-likeness (QED) is 0.658. The third-order valence-corrected chi connectivity index (χ3v) is 3.81. The number of rotatable bonds is 3. The first-order chi connectivity index (χ1) is 9.86. The average Bonchev–Trinajstić information content (AvgIpc) is 2.40. The summed E-state index contributed by atoms with van der Waals surface area (Å²) in [5, 5.41) is -0.0823. The van der Waals surface area contributed by atoms with Crippen molar-refractivity contribution in [3.05, 3.63) is 59.8 Å². The van der Waals surface area contributed by atoms with Gasteiger partial charge in [-0.15, -0.1) is 0 Å². The zero-order valence-corrected chi connectivity index (χ0v) is 13.2. The molecule has 0 fully saturated rings. The molecule has 0 unspecified atom stereocenters. The van der Waals surface area contributed by atoms with Gasteiger partial charge in [0, 0.05) is 6.07 Å². The predicted molar refractivity (Wildman–Crippen MR) is 79.3 cm³/mol. The number of nitrogens with zero attached hydrogens (tertiary/aromatic N) is 1. The van der Waals surface area contributed by atoms with E-state index in [1.165, 1.54) is 0 Å². The molecule has 0 saturated carbocycles. The van der Waals surface area contributed by atoms with Crippen molar-refractivity contribution in [3.63, 3.8) is 0 Å². The number of halogens is 4. The lowest BCUT2D eigenvalue weighted by atomic mass is 10.2. The van der Waals surface area contributed by atoms with Crippen molar-refractivity contribution >= 4 is 27.5 Å². The van der Waals surface area contributed by atoms with E-state index in [0.717, 1.165) is 12.1 Å². The molecular formula is C13H10BrClF2N2O2. The first-order valence-electron chi connectivity index (χ1n) is 6.05. The number of benzene rings is 1. The van der Waals surface area contributed by atoms with Gasteiger partial charge in [0.2, 0.25) is 0 Å². The van der Waals surface area contributed by atoms with Crippen LogP contribution in [0, 0.1) is 11.6 Å². The van der Waals surface area contributed by atoms with Crippen LogP contribution in [0.2, 0.25) is 5.15 Å². The van der Waals surface area contributed by atoms with E-state index >= 15 is 0 Å². The Balaban J connectivity index is 2.82. The molecule has 0 amide bonds. The smallest absolute Gasteiger partial charge is 0.297 e. The molecule has 21 heavy (non-hydrogen) atoms. The van der Waals surface area contributed by atoms with Crippen LogP contribution >= 0.6 is 27.5 Å². The molecule has 0 saturated heterocycles. The van der Waals surface area contributed by atoms with Crippen LogP contribution in [-0.4, -0.2) is 9.55 Å². The van der Waals surface area contributed by atoms with Gasteiger partial charge in [-0.1, -0.05) is 24.9 Å². The van der Waals surface area contributed by atoms with Crippen molar-refractivity contribution < 1.29 is 8.78 Å². The number of hydrogen-bond donors (Lipinski definition) is 1. The molecule has 0 aliphatic heterocycles. The molecule has 112 valence electrons. The molecule has 0 bridgehead atoms. The second kappa shape index (κ2) is 6.11.